The number of anilines is 1. The standard InChI is InChI=1S/C18H15Cl2NO4/c1-2-25-17(23)18(24)13-10-12(19)8-9-14(13)21(16(18)22)15(20)11-6-4-3-5-7-11/h3-10,15,24H,2H2,1H3. The molecule has 2 atom stereocenters. The summed E-state index contributed by atoms with van der Waals surface area (Å²) in [5.41, 5.74) is -2.36. The summed E-state index contributed by atoms with van der Waals surface area (Å²) < 4.78 is 4.91. The summed E-state index contributed by atoms with van der Waals surface area (Å²) in [7, 11) is 0. The van der Waals surface area contributed by atoms with Gasteiger partial charge in [-0.2, -0.15) is 0 Å². The molecule has 0 bridgehead atoms. The van der Waals surface area contributed by atoms with Gasteiger partial charge in [-0.15, -0.1) is 0 Å². The summed E-state index contributed by atoms with van der Waals surface area (Å²) in [6, 6.07) is 13.4. The highest BCUT2D eigenvalue weighted by atomic mass is 35.5. The fraction of sp³-hybridized carbons (Fsp3) is 0.222. The first kappa shape index (κ1) is 17.7. The quantitative estimate of drug-likeness (QED) is 0.382. The van der Waals surface area contributed by atoms with E-state index in [0.717, 1.165) is 0 Å². The third-order valence-electron chi connectivity index (χ3n) is 4.01. The second kappa shape index (κ2) is 6.67. The number of esters is 1. The minimum atomic E-state index is -2.47. The number of aliphatic hydroxyl groups is 1. The Kier molecular flexibility index (Phi) is 4.73. The van der Waals surface area contributed by atoms with Crippen molar-refractivity contribution in [2.45, 2.75) is 18.0 Å². The van der Waals surface area contributed by atoms with Gasteiger partial charge >= 0.3 is 5.97 Å². The first-order valence-corrected chi connectivity index (χ1v) is 8.45. The maximum Gasteiger partial charge on any atom is 0.353 e. The van der Waals surface area contributed by atoms with Crippen LogP contribution in [-0.4, -0.2) is 23.6 Å². The summed E-state index contributed by atoms with van der Waals surface area (Å²) in [6.07, 6.45) is 0. The van der Waals surface area contributed by atoms with E-state index < -0.39 is 23.0 Å². The Balaban J connectivity index is 2.14. The Morgan fingerprint density at radius 1 is 1.28 bits per heavy atom. The van der Waals surface area contributed by atoms with Gasteiger partial charge in [0.25, 0.3) is 11.5 Å². The molecule has 0 saturated heterocycles. The summed E-state index contributed by atoms with van der Waals surface area (Å²) >= 11 is 12.5. The highest BCUT2D eigenvalue weighted by Crippen LogP contribution is 2.47. The number of halogens is 2. The molecule has 0 fully saturated rings. The molecule has 0 aliphatic carbocycles. The van der Waals surface area contributed by atoms with Crippen molar-refractivity contribution in [1.29, 1.82) is 0 Å². The van der Waals surface area contributed by atoms with Crippen LogP contribution in [0.1, 0.15) is 23.6 Å². The largest absolute Gasteiger partial charge is 0.463 e. The van der Waals surface area contributed by atoms with Gasteiger partial charge in [0.15, 0.2) is 0 Å². The molecule has 25 heavy (non-hydrogen) atoms. The third kappa shape index (κ3) is 2.78. The van der Waals surface area contributed by atoms with Crippen molar-refractivity contribution in [1.82, 2.24) is 0 Å². The molecule has 0 saturated carbocycles. The van der Waals surface area contributed by atoms with E-state index in [-0.39, 0.29) is 17.2 Å². The van der Waals surface area contributed by atoms with Crippen molar-refractivity contribution in [2.75, 3.05) is 11.5 Å². The van der Waals surface area contributed by atoms with E-state index in [4.69, 9.17) is 27.9 Å². The van der Waals surface area contributed by atoms with Gasteiger partial charge < -0.3 is 9.84 Å². The van der Waals surface area contributed by atoms with Gasteiger partial charge in [-0.1, -0.05) is 53.5 Å². The zero-order valence-corrected chi connectivity index (χ0v) is 14.8. The van der Waals surface area contributed by atoms with Crippen LogP contribution in [0.5, 0.6) is 0 Å². The topological polar surface area (TPSA) is 66.8 Å². The van der Waals surface area contributed by atoms with Crippen LogP contribution in [0.25, 0.3) is 0 Å². The van der Waals surface area contributed by atoms with Crippen molar-refractivity contribution in [3.63, 3.8) is 0 Å². The van der Waals surface area contributed by atoms with Crippen LogP contribution in [-0.2, 0) is 19.9 Å². The maximum atomic E-state index is 13.0. The number of hydrogen-bond donors (Lipinski definition) is 1. The molecule has 1 aliphatic heterocycles. The lowest BCUT2D eigenvalue weighted by Gasteiger charge is -2.25. The van der Waals surface area contributed by atoms with Crippen molar-refractivity contribution >= 4 is 40.8 Å². The van der Waals surface area contributed by atoms with Gasteiger partial charge in [-0.25, -0.2) is 4.79 Å². The molecule has 0 radical (unpaired) electrons. The molecule has 0 spiro atoms. The van der Waals surface area contributed by atoms with Crippen molar-refractivity contribution < 1.29 is 19.4 Å². The molecule has 0 aromatic heterocycles. The van der Waals surface area contributed by atoms with Crippen LogP contribution < -0.4 is 4.90 Å². The molecule has 2 aromatic rings. The molecule has 5 nitrogen and oxygen atoms in total. The van der Waals surface area contributed by atoms with Crippen LogP contribution in [0.4, 0.5) is 5.69 Å². The molecule has 130 valence electrons. The number of fused-ring (bicyclic) bond motifs is 1. The van der Waals surface area contributed by atoms with Crippen LogP contribution in [0.2, 0.25) is 5.02 Å². The lowest BCUT2D eigenvalue weighted by molar-refractivity contribution is -0.170. The number of hydrogen-bond acceptors (Lipinski definition) is 4. The molecular formula is C18H15Cl2NO4. The van der Waals surface area contributed by atoms with E-state index in [2.05, 4.69) is 0 Å². The van der Waals surface area contributed by atoms with Gasteiger partial charge in [0, 0.05) is 10.6 Å². The van der Waals surface area contributed by atoms with Gasteiger partial charge in [0.2, 0.25) is 0 Å². The number of ether oxygens (including phenoxy) is 1. The van der Waals surface area contributed by atoms with Crippen molar-refractivity contribution in [3.8, 4) is 0 Å². The highest BCUT2D eigenvalue weighted by molar-refractivity contribution is 6.32. The molecule has 1 N–H and O–H groups in total. The third-order valence-corrected chi connectivity index (χ3v) is 4.69. The Morgan fingerprint density at radius 2 is 1.96 bits per heavy atom. The van der Waals surface area contributed by atoms with E-state index in [1.54, 1.807) is 43.3 Å². The molecule has 2 unspecified atom stereocenters. The van der Waals surface area contributed by atoms with E-state index >= 15 is 0 Å². The highest BCUT2D eigenvalue weighted by Gasteiger charge is 2.58. The predicted molar refractivity (Wildman–Crippen MR) is 94.5 cm³/mol. The molecule has 2 aromatic carbocycles. The first-order valence-electron chi connectivity index (χ1n) is 7.63. The minimum absolute atomic E-state index is 0.0211. The number of carbonyl (C=O) groups is 2. The average molecular weight is 380 g/mol. The summed E-state index contributed by atoms with van der Waals surface area (Å²) in [5.74, 6) is -1.92. The number of alkyl halides is 1. The van der Waals surface area contributed by atoms with Crippen molar-refractivity contribution in [2.24, 2.45) is 0 Å². The number of rotatable bonds is 4. The fourth-order valence-corrected chi connectivity index (χ4v) is 3.34. The van der Waals surface area contributed by atoms with E-state index in [1.165, 1.54) is 11.0 Å². The van der Waals surface area contributed by atoms with Crippen LogP contribution in [0, 0.1) is 0 Å². The normalized spacial score (nSPS) is 20.3. The SMILES string of the molecule is CCOC(=O)C1(O)C(=O)N(C(Cl)c2ccccc2)c2ccc(Cl)cc21. The lowest BCUT2D eigenvalue weighted by Crippen LogP contribution is -2.47. The van der Waals surface area contributed by atoms with Crippen molar-refractivity contribution in [3.05, 3.63) is 64.7 Å². The summed E-state index contributed by atoms with van der Waals surface area (Å²) in [5, 5.41) is 11.2. The molecule has 1 aliphatic rings. The van der Waals surface area contributed by atoms with Gasteiger partial charge in [0.05, 0.1) is 12.3 Å². The average Bonchev–Trinajstić information content (AvgIpc) is 2.84. The second-order valence-corrected chi connectivity index (χ2v) is 6.36. The molecule has 7 heteroatoms. The van der Waals surface area contributed by atoms with Crippen LogP contribution >= 0.6 is 23.2 Å². The molecular weight excluding hydrogens is 365 g/mol. The van der Waals surface area contributed by atoms with E-state index in [9.17, 15) is 14.7 Å². The second-order valence-electron chi connectivity index (χ2n) is 5.51. The Morgan fingerprint density at radius 3 is 2.60 bits per heavy atom. The summed E-state index contributed by atoms with van der Waals surface area (Å²) in [6.45, 7) is 1.61. The van der Waals surface area contributed by atoms with Crippen LogP contribution in [0.15, 0.2) is 48.5 Å². The molecule has 3 rings (SSSR count). The monoisotopic (exact) mass is 379 g/mol. The Bertz CT molecular complexity index is 827. The summed E-state index contributed by atoms with van der Waals surface area (Å²) in [4.78, 5) is 26.5. The number of nitrogens with zero attached hydrogens (tertiary/aromatic N) is 1. The van der Waals surface area contributed by atoms with Gasteiger partial charge in [0.1, 0.15) is 5.50 Å². The van der Waals surface area contributed by atoms with Gasteiger partial charge in [-0.05, 0) is 30.7 Å². The first-order chi connectivity index (χ1) is 11.9. The molecule has 1 amide bonds. The Hall–Kier alpha value is -2.08. The fourth-order valence-electron chi connectivity index (χ4n) is 2.83. The zero-order valence-electron chi connectivity index (χ0n) is 13.3. The smallest absolute Gasteiger partial charge is 0.353 e. The van der Waals surface area contributed by atoms with E-state index in [1.807, 2.05) is 6.07 Å². The number of carbonyl (C=O) groups excluding carboxylic acids is 2. The maximum absolute atomic E-state index is 13.0. The minimum Gasteiger partial charge on any atom is -0.463 e. The molecule has 1 heterocycles. The zero-order chi connectivity index (χ0) is 18.2. The number of amides is 1. The van der Waals surface area contributed by atoms with Gasteiger partial charge in [-0.3, -0.25) is 9.69 Å². The van der Waals surface area contributed by atoms with Crippen LogP contribution in [0.3, 0.4) is 0 Å². The lowest BCUT2D eigenvalue weighted by atomic mass is 9.95. The number of benzene rings is 2. The van der Waals surface area contributed by atoms with E-state index in [0.29, 0.717) is 11.3 Å². The predicted octanol–water partition coefficient (Wildman–Crippen LogP) is 3.37. The Labute approximate surface area is 154 Å².